The van der Waals surface area contributed by atoms with E-state index in [0.29, 0.717) is 0 Å². The second-order valence-electron chi connectivity index (χ2n) is 3.44. The third-order valence-electron chi connectivity index (χ3n) is 2.54. The van der Waals surface area contributed by atoms with Crippen LogP contribution in [-0.2, 0) is 12.8 Å². The van der Waals surface area contributed by atoms with Crippen LogP contribution in [0.1, 0.15) is 17.7 Å². The molecule has 0 spiro atoms. The number of ether oxygens (including phenoxy) is 1. The molecule has 0 radical (unpaired) electrons. The SMILES string of the molecule is COc1ccnc2c1CC(N)CC2. The van der Waals surface area contributed by atoms with Crippen molar-refractivity contribution >= 4 is 0 Å². The second kappa shape index (κ2) is 3.34. The number of hydrogen-bond acceptors (Lipinski definition) is 3. The molecule has 1 aromatic heterocycles. The Kier molecular flexibility index (Phi) is 2.19. The third-order valence-corrected chi connectivity index (χ3v) is 2.54. The maximum absolute atomic E-state index is 5.89. The highest BCUT2D eigenvalue weighted by atomic mass is 16.5. The van der Waals surface area contributed by atoms with Gasteiger partial charge in [-0.3, -0.25) is 4.98 Å². The van der Waals surface area contributed by atoms with E-state index in [1.165, 1.54) is 5.56 Å². The molecule has 1 heterocycles. The zero-order valence-corrected chi connectivity index (χ0v) is 7.79. The van der Waals surface area contributed by atoms with Gasteiger partial charge in [0.2, 0.25) is 0 Å². The Labute approximate surface area is 77.9 Å². The van der Waals surface area contributed by atoms with Gasteiger partial charge in [-0.05, 0) is 25.3 Å². The number of aromatic nitrogens is 1. The minimum absolute atomic E-state index is 0.269. The molecule has 0 bridgehead atoms. The van der Waals surface area contributed by atoms with Crippen LogP contribution in [0.25, 0.3) is 0 Å². The number of hydrogen-bond donors (Lipinski definition) is 1. The fraction of sp³-hybridized carbons (Fsp3) is 0.500. The normalized spacial score (nSPS) is 20.9. The Hall–Kier alpha value is -1.09. The fourth-order valence-electron chi connectivity index (χ4n) is 1.83. The van der Waals surface area contributed by atoms with Crippen molar-refractivity contribution in [3.05, 3.63) is 23.5 Å². The van der Waals surface area contributed by atoms with E-state index in [4.69, 9.17) is 10.5 Å². The molecule has 0 amide bonds. The first-order valence-electron chi connectivity index (χ1n) is 4.57. The Morgan fingerprint density at radius 1 is 1.62 bits per heavy atom. The summed E-state index contributed by atoms with van der Waals surface area (Å²) >= 11 is 0. The lowest BCUT2D eigenvalue weighted by molar-refractivity contribution is 0.401. The average molecular weight is 178 g/mol. The number of rotatable bonds is 1. The van der Waals surface area contributed by atoms with Crippen LogP contribution in [0, 0.1) is 0 Å². The lowest BCUT2D eigenvalue weighted by Gasteiger charge is -2.21. The molecule has 70 valence electrons. The standard InChI is InChI=1S/C10H14N2O/c1-13-10-4-5-12-9-3-2-7(11)6-8(9)10/h4-5,7H,2-3,6,11H2,1H3. The van der Waals surface area contributed by atoms with Crippen LogP contribution in [0.2, 0.25) is 0 Å². The smallest absolute Gasteiger partial charge is 0.125 e. The van der Waals surface area contributed by atoms with E-state index in [1.54, 1.807) is 13.3 Å². The molecule has 2 N–H and O–H groups in total. The van der Waals surface area contributed by atoms with Crippen LogP contribution in [0.15, 0.2) is 12.3 Å². The molecular formula is C10H14N2O. The maximum atomic E-state index is 5.89. The van der Waals surface area contributed by atoms with Gasteiger partial charge < -0.3 is 10.5 Å². The number of pyridine rings is 1. The summed E-state index contributed by atoms with van der Waals surface area (Å²) in [6.45, 7) is 0. The summed E-state index contributed by atoms with van der Waals surface area (Å²) in [5.74, 6) is 0.931. The van der Waals surface area contributed by atoms with Crippen molar-refractivity contribution in [3.8, 4) is 5.75 Å². The van der Waals surface area contributed by atoms with E-state index in [2.05, 4.69) is 4.98 Å². The van der Waals surface area contributed by atoms with E-state index >= 15 is 0 Å². The first kappa shape index (κ1) is 8.51. The quantitative estimate of drug-likeness (QED) is 0.695. The summed E-state index contributed by atoms with van der Waals surface area (Å²) in [7, 11) is 1.69. The fourth-order valence-corrected chi connectivity index (χ4v) is 1.83. The topological polar surface area (TPSA) is 48.1 Å². The highest BCUT2D eigenvalue weighted by Crippen LogP contribution is 2.26. The zero-order chi connectivity index (χ0) is 9.26. The van der Waals surface area contributed by atoms with Crippen LogP contribution < -0.4 is 10.5 Å². The molecule has 0 aromatic carbocycles. The Bertz CT molecular complexity index is 298. The number of aryl methyl sites for hydroxylation is 1. The van der Waals surface area contributed by atoms with Crippen molar-refractivity contribution in [1.29, 1.82) is 0 Å². The van der Waals surface area contributed by atoms with E-state index in [1.807, 2.05) is 6.07 Å². The summed E-state index contributed by atoms with van der Waals surface area (Å²) < 4.78 is 5.27. The van der Waals surface area contributed by atoms with Gasteiger partial charge in [-0.1, -0.05) is 0 Å². The summed E-state index contributed by atoms with van der Waals surface area (Å²) in [6.07, 6.45) is 4.71. The molecule has 1 aliphatic carbocycles. The van der Waals surface area contributed by atoms with Gasteiger partial charge in [-0.15, -0.1) is 0 Å². The van der Waals surface area contributed by atoms with Crippen LogP contribution in [0.4, 0.5) is 0 Å². The molecule has 0 aliphatic heterocycles. The molecule has 2 rings (SSSR count). The van der Waals surface area contributed by atoms with Crippen LogP contribution in [0.3, 0.4) is 0 Å². The van der Waals surface area contributed by atoms with Crippen molar-refractivity contribution < 1.29 is 4.74 Å². The number of methoxy groups -OCH3 is 1. The molecular weight excluding hydrogens is 164 g/mol. The summed E-state index contributed by atoms with van der Waals surface area (Å²) in [4.78, 5) is 4.33. The first-order chi connectivity index (χ1) is 6.31. The summed E-state index contributed by atoms with van der Waals surface area (Å²) in [5, 5.41) is 0. The minimum Gasteiger partial charge on any atom is -0.496 e. The minimum atomic E-state index is 0.269. The maximum Gasteiger partial charge on any atom is 0.125 e. The van der Waals surface area contributed by atoms with E-state index in [9.17, 15) is 0 Å². The monoisotopic (exact) mass is 178 g/mol. The van der Waals surface area contributed by atoms with E-state index < -0.39 is 0 Å². The molecule has 0 fully saturated rings. The molecule has 13 heavy (non-hydrogen) atoms. The van der Waals surface area contributed by atoms with Gasteiger partial charge in [0.1, 0.15) is 5.75 Å². The van der Waals surface area contributed by atoms with Crippen molar-refractivity contribution in [2.75, 3.05) is 7.11 Å². The Morgan fingerprint density at radius 2 is 2.46 bits per heavy atom. The third kappa shape index (κ3) is 1.52. The summed E-state index contributed by atoms with van der Waals surface area (Å²) in [5.41, 5.74) is 8.24. The van der Waals surface area contributed by atoms with Crippen molar-refractivity contribution in [1.82, 2.24) is 4.98 Å². The van der Waals surface area contributed by atoms with Gasteiger partial charge >= 0.3 is 0 Å². The van der Waals surface area contributed by atoms with Gasteiger partial charge in [0.05, 0.1) is 7.11 Å². The highest BCUT2D eigenvalue weighted by molar-refractivity contribution is 5.38. The predicted octanol–water partition coefficient (Wildman–Crippen LogP) is 0.906. The lowest BCUT2D eigenvalue weighted by Crippen LogP contribution is -2.28. The Balaban J connectivity index is 2.41. The molecule has 3 heteroatoms. The van der Waals surface area contributed by atoms with Gasteiger partial charge in [0.25, 0.3) is 0 Å². The largest absolute Gasteiger partial charge is 0.496 e. The lowest BCUT2D eigenvalue weighted by atomic mass is 9.92. The molecule has 0 saturated heterocycles. The van der Waals surface area contributed by atoms with Gasteiger partial charge in [0.15, 0.2) is 0 Å². The van der Waals surface area contributed by atoms with Gasteiger partial charge in [-0.25, -0.2) is 0 Å². The number of fused-ring (bicyclic) bond motifs is 1. The predicted molar refractivity (Wildman–Crippen MR) is 50.8 cm³/mol. The first-order valence-corrected chi connectivity index (χ1v) is 4.57. The summed E-state index contributed by atoms with van der Waals surface area (Å²) in [6, 6.07) is 2.17. The zero-order valence-electron chi connectivity index (χ0n) is 7.79. The van der Waals surface area contributed by atoms with Crippen LogP contribution in [0.5, 0.6) is 5.75 Å². The van der Waals surface area contributed by atoms with E-state index in [0.717, 1.165) is 30.7 Å². The number of nitrogens with zero attached hydrogens (tertiary/aromatic N) is 1. The molecule has 1 atom stereocenters. The second-order valence-corrected chi connectivity index (χ2v) is 3.44. The van der Waals surface area contributed by atoms with Gasteiger partial charge in [0, 0.05) is 23.5 Å². The number of nitrogens with two attached hydrogens (primary N) is 1. The van der Waals surface area contributed by atoms with Crippen molar-refractivity contribution in [2.45, 2.75) is 25.3 Å². The van der Waals surface area contributed by atoms with Crippen LogP contribution >= 0.6 is 0 Å². The Morgan fingerprint density at radius 3 is 3.23 bits per heavy atom. The van der Waals surface area contributed by atoms with Crippen LogP contribution in [-0.4, -0.2) is 18.1 Å². The molecule has 0 saturated carbocycles. The average Bonchev–Trinajstić information content (AvgIpc) is 2.17. The molecule has 1 aromatic rings. The van der Waals surface area contributed by atoms with Gasteiger partial charge in [-0.2, -0.15) is 0 Å². The molecule has 1 aliphatic rings. The molecule has 3 nitrogen and oxygen atoms in total. The van der Waals surface area contributed by atoms with Crippen molar-refractivity contribution in [3.63, 3.8) is 0 Å². The molecule has 1 unspecified atom stereocenters. The van der Waals surface area contributed by atoms with Crippen molar-refractivity contribution in [2.24, 2.45) is 5.73 Å². The van der Waals surface area contributed by atoms with E-state index in [-0.39, 0.29) is 6.04 Å². The highest BCUT2D eigenvalue weighted by Gasteiger charge is 2.19.